The van der Waals surface area contributed by atoms with Gasteiger partial charge in [0.1, 0.15) is 0 Å². The second-order valence-corrected chi connectivity index (χ2v) is 7.06. The molecule has 21 heavy (non-hydrogen) atoms. The van der Waals surface area contributed by atoms with Crippen molar-refractivity contribution in [3.63, 3.8) is 0 Å². The number of hydrogen-bond donors (Lipinski definition) is 1. The molecule has 1 N–H and O–H groups in total. The molecule has 0 aliphatic rings. The molecule has 0 radical (unpaired) electrons. The molecule has 106 valence electrons. The van der Waals surface area contributed by atoms with Gasteiger partial charge in [0.25, 0.3) is 10.0 Å². The van der Waals surface area contributed by atoms with Crippen LogP contribution in [0.15, 0.2) is 70.3 Å². The number of rotatable bonds is 3. The first-order chi connectivity index (χ1) is 10.1. The molecule has 0 unspecified atom stereocenters. The van der Waals surface area contributed by atoms with Gasteiger partial charge in [0, 0.05) is 22.3 Å². The molecular weight excluding hydrogens is 352 g/mol. The van der Waals surface area contributed by atoms with Gasteiger partial charge in [-0.3, -0.25) is 9.71 Å². The number of hydrogen-bond acceptors (Lipinski definition) is 3. The summed E-state index contributed by atoms with van der Waals surface area (Å²) < 4.78 is 28.3. The fourth-order valence-electron chi connectivity index (χ4n) is 2.02. The first kappa shape index (κ1) is 14.0. The first-order valence-electron chi connectivity index (χ1n) is 6.17. The average molecular weight is 363 g/mol. The Morgan fingerprint density at radius 1 is 1.00 bits per heavy atom. The maximum atomic E-state index is 12.4. The molecule has 0 amide bonds. The molecule has 4 nitrogen and oxygen atoms in total. The van der Waals surface area contributed by atoms with Gasteiger partial charge in [0.15, 0.2) is 0 Å². The third kappa shape index (κ3) is 2.91. The van der Waals surface area contributed by atoms with E-state index in [9.17, 15) is 8.42 Å². The number of halogens is 1. The Labute approximate surface area is 131 Å². The van der Waals surface area contributed by atoms with Crippen molar-refractivity contribution in [3.8, 4) is 0 Å². The molecule has 1 heterocycles. The van der Waals surface area contributed by atoms with E-state index >= 15 is 0 Å². The summed E-state index contributed by atoms with van der Waals surface area (Å²) in [6.45, 7) is 0. The van der Waals surface area contributed by atoms with Crippen LogP contribution in [0.25, 0.3) is 10.8 Å². The zero-order valence-corrected chi connectivity index (χ0v) is 13.2. The van der Waals surface area contributed by atoms with E-state index in [1.165, 1.54) is 0 Å². The summed E-state index contributed by atoms with van der Waals surface area (Å²) in [6.07, 6.45) is 3.32. The molecule has 3 aromatic rings. The van der Waals surface area contributed by atoms with Crippen LogP contribution < -0.4 is 4.72 Å². The number of anilines is 1. The zero-order chi connectivity index (χ0) is 14.9. The van der Waals surface area contributed by atoms with Crippen LogP contribution in [0.3, 0.4) is 0 Å². The topological polar surface area (TPSA) is 59.1 Å². The highest BCUT2D eigenvalue weighted by atomic mass is 79.9. The molecule has 6 heteroatoms. The van der Waals surface area contributed by atoms with Crippen molar-refractivity contribution in [2.24, 2.45) is 0 Å². The monoisotopic (exact) mass is 362 g/mol. The molecule has 3 rings (SSSR count). The Kier molecular flexibility index (Phi) is 3.65. The van der Waals surface area contributed by atoms with Gasteiger partial charge in [0.2, 0.25) is 0 Å². The third-order valence-corrected chi connectivity index (χ3v) is 4.96. The van der Waals surface area contributed by atoms with E-state index < -0.39 is 10.0 Å². The van der Waals surface area contributed by atoms with E-state index in [2.05, 4.69) is 25.6 Å². The summed E-state index contributed by atoms with van der Waals surface area (Å²) >= 11 is 3.29. The Morgan fingerprint density at radius 2 is 1.76 bits per heavy atom. The van der Waals surface area contributed by atoms with Crippen LogP contribution in [0.5, 0.6) is 0 Å². The van der Waals surface area contributed by atoms with Gasteiger partial charge in [-0.05, 0) is 41.8 Å². The maximum absolute atomic E-state index is 12.4. The summed E-state index contributed by atoms with van der Waals surface area (Å²) in [5.41, 5.74) is 0.517. The van der Waals surface area contributed by atoms with E-state index in [0.717, 1.165) is 15.2 Å². The van der Waals surface area contributed by atoms with E-state index in [0.29, 0.717) is 5.69 Å². The second kappa shape index (κ2) is 5.46. The van der Waals surface area contributed by atoms with E-state index in [4.69, 9.17) is 0 Å². The minimum atomic E-state index is -3.62. The van der Waals surface area contributed by atoms with Crippen LogP contribution in [-0.4, -0.2) is 13.4 Å². The molecule has 0 aliphatic carbocycles. The number of nitrogens with one attached hydrogen (secondary N) is 1. The number of benzene rings is 2. The minimum absolute atomic E-state index is 0.214. The number of aromatic nitrogens is 1. The van der Waals surface area contributed by atoms with Crippen molar-refractivity contribution < 1.29 is 8.42 Å². The quantitative estimate of drug-likeness (QED) is 0.770. The standard InChI is InChI=1S/C15H11BrN2O2S/c16-12-4-6-13(7-5-12)21(19,20)18-15-3-1-2-11-8-9-17-10-14(11)15/h1-10,18H. The van der Waals surface area contributed by atoms with E-state index in [1.807, 2.05) is 18.2 Å². The van der Waals surface area contributed by atoms with Gasteiger partial charge >= 0.3 is 0 Å². The van der Waals surface area contributed by atoms with Gasteiger partial charge in [0.05, 0.1) is 10.6 Å². The molecule has 0 atom stereocenters. The number of sulfonamides is 1. The SMILES string of the molecule is O=S(=O)(Nc1cccc2ccncc12)c1ccc(Br)cc1. The molecule has 0 bridgehead atoms. The Bertz CT molecular complexity index is 888. The van der Waals surface area contributed by atoms with Crippen LogP contribution in [0.2, 0.25) is 0 Å². The predicted molar refractivity (Wildman–Crippen MR) is 86.7 cm³/mol. The van der Waals surface area contributed by atoms with Crippen molar-refractivity contribution >= 4 is 42.4 Å². The van der Waals surface area contributed by atoms with Crippen molar-refractivity contribution in [1.29, 1.82) is 0 Å². The lowest BCUT2D eigenvalue weighted by Gasteiger charge is -2.10. The van der Waals surface area contributed by atoms with Crippen molar-refractivity contribution in [2.75, 3.05) is 4.72 Å². The van der Waals surface area contributed by atoms with Crippen LogP contribution in [-0.2, 0) is 10.0 Å². The van der Waals surface area contributed by atoms with Crippen LogP contribution in [0.1, 0.15) is 0 Å². The Morgan fingerprint density at radius 3 is 2.52 bits per heavy atom. The fourth-order valence-corrected chi connectivity index (χ4v) is 3.36. The molecule has 2 aromatic carbocycles. The predicted octanol–water partition coefficient (Wildman–Crippen LogP) is 3.80. The molecule has 0 aliphatic heterocycles. The van der Waals surface area contributed by atoms with Gasteiger partial charge in [-0.15, -0.1) is 0 Å². The molecule has 0 saturated carbocycles. The van der Waals surface area contributed by atoms with Crippen LogP contribution in [0.4, 0.5) is 5.69 Å². The largest absolute Gasteiger partial charge is 0.279 e. The van der Waals surface area contributed by atoms with Crippen molar-refractivity contribution in [3.05, 3.63) is 65.4 Å². The van der Waals surface area contributed by atoms with Gasteiger partial charge in [-0.25, -0.2) is 8.42 Å². The van der Waals surface area contributed by atoms with E-state index in [1.54, 1.807) is 42.7 Å². The smallest absolute Gasteiger partial charge is 0.261 e. The summed E-state index contributed by atoms with van der Waals surface area (Å²) in [5, 5.41) is 1.70. The molecular formula is C15H11BrN2O2S. The number of nitrogens with zero attached hydrogens (tertiary/aromatic N) is 1. The minimum Gasteiger partial charge on any atom is -0.279 e. The maximum Gasteiger partial charge on any atom is 0.261 e. The van der Waals surface area contributed by atoms with Gasteiger partial charge in [-0.1, -0.05) is 28.1 Å². The van der Waals surface area contributed by atoms with E-state index in [-0.39, 0.29) is 4.90 Å². The van der Waals surface area contributed by atoms with Gasteiger partial charge in [-0.2, -0.15) is 0 Å². The number of fused-ring (bicyclic) bond motifs is 1. The average Bonchev–Trinajstić information content (AvgIpc) is 2.48. The summed E-state index contributed by atoms with van der Waals surface area (Å²) in [7, 11) is -3.62. The normalized spacial score (nSPS) is 11.5. The molecule has 1 aromatic heterocycles. The van der Waals surface area contributed by atoms with Crippen LogP contribution in [0, 0.1) is 0 Å². The van der Waals surface area contributed by atoms with Crippen LogP contribution >= 0.6 is 15.9 Å². The Balaban J connectivity index is 2.03. The second-order valence-electron chi connectivity index (χ2n) is 4.46. The Hall–Kier alpha value is -1.92. The number of pyridine rings is 1. The highest BCUT2D eigenvalue weighted by molar-refractivity contribution is 9.10. The summed E-state index contributed by atoms with van der Waals surface area (Å²) in [6, 6.07) is 13.8. The van der Waals surface area contributed by atoms with Crippen molar-refractivity contribution in [2.45, 2.75) is 4.90 Å². The van der Waals surface area contributed by atoms with Gasteiger partial charge < -0.3 is 0 Å². The lowest BCUT2D eigenvalue weighted by atomic mass is 10.1. The molecule has 0 fully saturated rings. The highest BCUT2D eigenvalue weighted by Crippen LogP contribution is 2.25. The summed E-state index contributed by atoms with van der Waals surface area (Å²) in [4.78, 5) is 4.26. The lowest BCUT2D eigenvalue weighted by molar-refractivity contribution is 0.601. The van der Waals surface area contributed by atoms with Crippen molar-refractivity contribution in [1.82, 2.24) is 4.98 Å². The third-order valence-electron chi connectivity index (χ3n) is 3.05. The zero-order valence-electron chi connectivity index (χ0n) is 10.8. The highest BCUT2D eigenvalue weighted by Gasteiger charge is 2.15. The molecule has 0 saturated heterocycles. The fraction of sp³-hybridized carbons (Fsp3) is 0. The summed E-state index contributed by atoms with van der Waals surface area (Å²) in [5.74, 6) is 0. The first-order valence-corrected chi connectivity index (χ1v) is 8.45. The lowest BCUT2D eigenvalue weighted by Crippen LogP contribution is -2.13. The molecule has 0 spiro atoms.